The number of amides is 2. The second-order valence-electron chi connectivity index (χ2n) is 8.24. The summed E-state index contributed by atoms with van der Waals surface area (Å²) in [6.45, 7) is 6.19. The first-order chi connectivity index (χ1) is 13.0. The van der Waals surface area contributed by atoms with Gasteiger partial charge in [0.25, 0.3) is 0 Å². The predicted molar refractivity (Wildman–Crippen MR) is 104 cm³/mol. The molecule has 2 aliphatic rings. The number of fused-ring (bicyclic) bond motifs is 1. The molecule has 0 spiro atoms. The van der Waals surface area contributed by atoms with Crippen molar-refractivity contribution in [2.24, 2.45) is 11.8 Å². The van der Waals surface area contributed by atoms with Gasteiger partial charge in [0.1, 0.15) is 5.58 Å². The smallest absolute Gasteiger partial charge is 0.227 e. The number of hydrogen-bond donors (Lipinski definition) is 1. The molecule has 1 aromatic heterocycles. The van der Waals surface area contributed by atoms with E-state index in [4.69, 9.17) is 4.42 Å². The van der Waals surface area contributed by atoms with Gasteiger partial charge in [-0.15, -0.1) is 0 Å². The van der Waals surface area contributed by atoms with Gasteiger partial charge in [-0.3, -0.25) is 9.59 Å². The third kappa shape index (κ3) is 4.02. The Labute approximate surface area is 160 Å². The summed E-state index contributed by atoms with van der Waals surface area (Å²) in [6, 6.07) is 4.13. The van der Waals surface area contributed by atoms with Gasteiger partial charge in [0.15, 0.2) is 0 Å². The highest BCUT2D eigenvalue weighted by atomic mass is 16.3. The summed E-state index contributed by atoms with van der Waals surface area (Å²) in [6.07, 6.45) is 6.24. The lowest BCUT2D eigenvalue weighted by atomic mass is 9.96. The predicted octanol–water partition coefficient (Wildman–Crippen LogP) is 3.36. The van der Waals surface area contributed by atoms with Gasteiger partial charge in [0.05, 0.1) is 18.6 Å². The highest BCUT2D eigenvalue weighted by Crippen LogP contribution is 2.28. The van der Waals surface area contributed by atoms with Gasteiger partial charge in [-0.2, -0.15) is 0 Å². The van der Waals surface area contributed by atoms with Gasteiger partial charge >= 0.3 is 0 Å². The minimum Gasteiger partial charge on any atom is -0.464 e. The van der Waals surface area contributed by atoms with Crippen LogP contribution in [0.2, 0.25) is 0 Å². The lowest BCUT2D eigenvalue weighted by Gasteiger charge is -2.32. The van der Waals surface area contributed by atoms with Crippen molar-refractivity contribution in [2.45, 2.75) is 46.0 Å². The van der Waals surface area contributed by atoms with Crippen LogP contribution >= 0.6 is 0 Å². The molecule has 2 fully saturated rings. The van der Waals surface area contributed by atoms with Crippen LogP contribution in [0.5, 0.6) is 0 Å². The van der Waals surface area contributed by atoms with E-state index in [0.29, 0.717) is 18.9 Å². The molecule has 2 heterocycles. The average Bonchev–Trinajstić information content (AvgIpc) is 3.43. The van der Waals surface area contributed by atoms with Crippen molar-refractivity contribution in [3.05, 3.63) is 35.1 Å². The van der Waals surface area contributed by atoms with Crippen LogP contribution in [0.3, 0.4) is 0 Å². The maximum Gasteiger partial charge on any atom is 0.227 e. The Morgan fingerprint density at radius 1 is 1.19 bits per heavy atom. The van der Waals surface area contributed by atoms with E-state index in [9.17, 15) is 9.59 Å². The largest absolute Gasteiger partial charge is 0.464 e. The molecular formula is C22H28N2O3. The number of furan rings is 1. The number of carbonyl (C=O) groups excluding carboxylic acids is 2. The molecule has 1 aliphatic carbocycles. The van der Waals surface area contributed by atoms with Crippen LogP contribution in [0.25, 0.3) is 11.0 Å². The number of rotatable bonds is 5. The van der Waals surface area contributed by atoms with E-state index >= 15 is 0 Å². The summed E-state index contributed by atoms with van der Waals surface area (Å²) in [4.78, 5) is 27.1. The number of nitrogens with zero attached hydrogens (tertiary/aromatic N) is 1. The standard InChI is InChI=1S/C22H28N2O3/c1-14-8-19-18(13-27-20(19)9-15(14)2)10-21(25)24-7-3-4-17(12-24)22(26)23-11-16-5-6-16/h8-9,13,16-17H,3-7,10-12H2,1-2H3,(H,23,26)/t17-/m0/s1. The SMILES string of the molecule is Cc1cc2occ(CC(=O)N3CCC[C@H](C(=O)NCC4CC4)C3)c2cc1C. The van der Waals surface area contributed by atoms with Gasteiger partial charge in [0, 0.05) is 30.6 Å². The Morgan fingerprint density at radius 3 is 2.74 bits per heavy atom. The molecule has 2 aromatic rings. The van der Waals surface area contributed by atoms with E-state index in [1.54, 1.807) is 6.26 Å². The molecule has 27 heavy (non-hydrogen) atoms. The van der Waals surface area contributed by atoms with Crippen molar-refractivity contribution < 1.29 is 14.0 Å². The fourth-order valence-electron chi connectivity index (χ4n) is 3.88. The minimum absolute atomic E-state index is 0.0764. The molecule has 144 valence electrons. The third-order valence-electron chi connectivity index (χ3n) is 6.02. The molecule has 5 heteroatoms. The zero-order valence-electron chi connectivity index (χ0n) is 16.2. The fraction of sp³-hybridized carbons (Fsp3) is 0.545. The zero-order chi connectivity index (χ0) is 19.0. The van der Waals surface area contributed by atoms with E-state index in [1.165, 1.54) is 24.0 Å². The number of hydrogen-bond acceptors (Lipinski definition) is 3. The number of carbonyl (C=O) groups is 2. The molecule has 5 nitrogen and oxygen atoms in total. The molecule has 4 rings (SSSR count). The maximum absolute atomic E-state index is 12.9. The van der Waals surface area contributed by atoms with E-state index in [-0.39, 0.29) is 17.7 Å². The van der Waals surface area contributed by atoms with Crippen LogP contribution in [-0.4, -0.2) is 36.3 Å². The van der Waals surface area contributed by atoms with Crippen LogP contribution in [0.4, 0.5) is 0 Å². The first-order valence-corrected chi connectivity index (χ1v) is 10.0. The maximum atomic E-state index is 12.9. The van der Waals surface area contributed by atoms with Crippen LogP contribution in [-0.2, 0) is 16.0 Å². The number of piperidine rings is 1. The molecule has 1 N–H and O–H groups in total. The van der Waals surface area contributed by atoms with E-state index in [2.05, 4.69) is 25.2 Å². The molecule has 1 saturated carbocycles. The van der Waals surface area contributed by atoms with Crippen molar-refractivity contribution in [2.75, 3.05) is 19.6 Å². The number of benzene rings is 1. The van der Waals surface area contributed by atoms with Gasteiger partial charge in [-0.1, -0.05) is 0 Å². The summed E-state index contributed by atoms with van der Waals surface area (Å²) >= 11 is 0. The van der Waals surface area contributed by atoms with Gasteiger partial charge in [0.2, 0.25) is 11.8 Å². The highest BCUT2D eigenvalue weighted by molar-refractivity contribution is 5.89. The Balaban J connectivity index is 1.40. The van der Waals surface area contributed by atoms with Crippen molar-refractivity contribution in [1.29, 1.82) is 0 Å². The first kappa shape index (κ1) is 18.1. The Morgan fingerprint density at radius 2 is 1.96 bits per heavy atom. The van der Waals surface area contributed by atoms with Crippen molar-refractivity contribution in [3.8, 4) is 0 Å². The van der Waals surface area contributed by atoms with Gasteiger partial charge in [-0.25, -0.2) is 0 Å². The monoisotopic (exact) mass is 368 g/mol. The minimum atomic E-state index is -0.0764. The number of nitrogens with one attached hydrogen (secondary N) is 1. The summed E-state index contributed by atoms with van der Waals surface area (Å²) in [7, 11) is 0. The summed E-state index contributed by atoms with van der Waals surface area (Å²) in [5, 5.41) is 4.08. The zero-order valence-corrected chi connectivity index (χ0v) is 16.2. The van der Waals surface area contributed by atoms with Crippen LogP contribution < -0.4 is 5.32 Å². The topological polar surface area (TPSA) is 62.6 Å². The average molecular weight is 368 g/mol. The lowest BCUT2D eigenvalue weighted by Crippen LogP contribution is -2.46. The van der Waals surface area contributed by atoms with Crippen molar-refractivity contribution >= 4 is 22.8 Å². The molecule has 2 amide bonds. The normalized spacial score (nSPS) is 20.1. The first-order valence-electron chi connectivity index (χ1n) is 10.0. The third-order valence-corrected chi connectivity index (χ3v) is 6.02. The van der Waals surface area contributed by atoms with Crippen LogP contribution in [0, 0.1) is 25.7 Å². The molecule has 0 unspecified atom stereocenters. The molecule has 1 atom stereocenters. The molecule has 1 aromatic carbocycles. The second kappa shape index (κ2) is 7.37. The molecule has 0 bridgehead atoms. The fourth-order valence-corrected chi connectivity index (χ4v) is 3.88. The van der Waals surface area contributed by atoms with E-state index < -0.39 is 0 Å². The Bertz CT molecular complexity index is 866. The van der Waals surface area contributed by atoms with E-state index in [1.807, 2.05) is 11.0 Å². The van der Waals surface area contributed by atoms with E-state index in [0.717, 1.165) is 42.5 Å². The van der Waals surface area contributed by atoms with Crippen molar-refractivity contribution in [1.82, 2.24) is 10.2 Å². The Hall–Kier alpha value is -2.30. The number of likely N-dealkylation sites (tertiary alicyclic amines) is 1. The summed E-state index contributed by atoms with van der Waals surface area (Å²) < 4.78 is 5.66. The second-order valence-corrected chi connectivity index (χ2v) is 8.24. The summed E-state index contributed by atoms with van der Waals surface area (Å²) in [5.41, 5.74) is 4.14. The number of aryl methyl sites for hydroxylation is 2. The van der Waals surface area contributed by atoms with Gasteiger partial charge in [-0.05, 0) is 68.7 Å². The van der Waals surface area contributed by atoms with Crippen LogP contribution in [0.15, 0.2) is 22.8 Å². The quantitative estimate of drug-likeness (QED) is 0.880. The highest BCUT2D eigenvalue weighted by Gasteiger charge is 2.30. The molecule has 1 aliphatic heterocycles. The van der Waals surface area contributed by atoms with Crippen molar-refractivity contribution in [3.63, 3.8) is 0 Å². The summed E-state index contributed by atoms with van der Waals surface area (Å²) in [5.74, 6) is 0.791. The van der Waals surface area contributed by atoms with Crippen LogP contribution in [0.1, 0.15) is 42.4 Å². The van der Waals surface area contributed by atoms with Gasteiger partial charge < -0.3 is 14.6 Å². The lowest BCUT2D eigenvalue weighted by molar-refractivity contribution is -0.135. The molecule has 1 saturated heterocycles. The Kier molecular flexibility index (Phi) is 4.94. The molecular weight excluding hydrogens is 340 g/mol. The molecule has 0 radical (unpaired) electrons.